The number of hydrogen-bond donors (Lipinski definition) is 1. The lowest BCUT2D eigenvalue weighted by molar-refractivity contribution is -0.153. The van der Waals surface area contributed by atoms with Gasteiger partial charge in [-0.2, -0.15) is 0 Å². The lowest BCUT2D eigenvalue weighted by atomic mass is 9.52. The third-order valence-electron chi connectivity index (χ3n) is 6.12. The van der Waals surface area contributed by atoms with Crippen LogP contribution < -0.4 is 10.5 Å². The minimum absolute atomic E-state index is 0.0906. The highest BCUT2D eigenvalue weighted by atomic mass is 16.7. The smallest absolute Gasteiger partial charge is 0.350 e. The van der Waals surface area contributed by atoms with Crippen LogP contribution >= 0.6 is 0 Å². The second kappa shape index (κ2) is 6.78. The van der Waals surface area contributed by atoms with Crippen molar-refractivity contribution >= 4 is 17.6 Å². The number of nitrogens with zero attached hydrogens (tertiary/aromatic N) is 1. The van der Waals surface area contributed by atoms with Gasteiger partial charge in [0.2, 0.25) is 0 Å². The van der Waals surface area contributed by atoms with E-state index in [9.17, 15) is 9.59 Å². The maximum absolute atomic E-state index is 13.2. The molecule has 4 rings (SSSR count). The predicted octanol–water partition coefficient (Wildman–Crippen LogP) is 2.99. The highest BCUT2D eigenvalue weighted by Gasteiger charge is 2.65. The number of benzene rings is 2. The summed E-state index contributed by atoms with van der Waals surface area (Å²) < 4.78 is 5.24. The van der Waals surface area contributed by atoms with Crippen LogP contribution in [0.15, 0.2) is 59.8 Å². The van der Waals surface area contributed by atoms with Crippen molar-refractivity contribution in [2.24, 2.45) is 22.2 Å². The van der Waals surface area contributed by atoms with Crippen LogP contribution in [0.3, 0.4) is 0 Å². The van der Waals surface area contributed by atoms with E-state index in [1.807, 2.05) is 61.5 Å². The highest BCUT2D eigenvalue weighted by molar-refractivity contribution is 6.11. The van der Waals surface area contributed by atoms with Crippen molar-refractivity contribution in [2.75, 3.05) is 7.11 Å². The van der Waals surface area contributed by atoms with Gasteiger partial charge in [0.25, 0.3) is 0 Å². The molecule has 2 aromatic rings. The number of ketones is 1. The Hall–Kier alpha value is -3.15. The Labute approximate surface area is 163 Å². The fraction of sp³-hybridized carbons (Fsp3) is 0.318. The Kier molecular flexibility index (Phi) is 4.41. The first-order chi connectivity index (χ1) is 13.5. The van der Waals surface area contributed by atoms with Gasteiger partial charge in [0, 0.05) is 24.2 Å². The molecule has 1 saturated carbocycles. The largest absolute Gasteiger partial charge is 0.497 e. The maximum atomic E-state index is 13.2. The summed E-state index contributed by atoms with van der Waals surface area (Å²) in [5, 5.41) is 3.85. The SMILES string of the molecule is COc1ccc(C2CC(=O)[C@H](C)[C@@H](c3ccccc3)C23C(=O)ON=C3N)cc1. The summed E-state index contributed by atoms with van der Waals surface area (Å²) in [5.41, 5.74) is 6.81. The second-order valence-electron chi connectivity index (χ2n) is 7.40. The molecule has 1 aliphatic heterocycles. The summed E-state index contributed by atoms with van der Waals surface area (Å²) in [6.07, 6.45) is 0.197. The van der Waals surface area contributed by atoms with Crippen molar-refractivity contribution in [2.45, 2.75) is 25.2 Å². The van der Waals surface area contributed by atoms with Crippen molar-refractivity contribution in [1.29, 1.82) is 0 Å². The molecule has 1 aliphatic carbocycles. The number of Topliss-reactive ketones (excluding diaryl/α,β-unsaturated/α-hetero) is 1. The zero-order valence-corrected chi connectivity index (χ0v) is 15.8. The predicted molar refractivity (Wildman–Crippen MR) is 104 cm³/mol. The van der Waals surface area contributed by atoms with E-state index in [2.05, 4.69) is 5.16 Å². The maximum Gasteiger partial charge on any atom is 0.350 e. The van der Waals surface area contributed by atoms with E-state index >= 15 is 0 Å². The number of methoxy groups -OCH3 is 1. The van der Waals surface area contributed by atoms with Crippen LogP contribution in [0, 0.1) is 11.3 Å². The van der Waals surface area contributed by atoms with Crippen LogP contribution in [0.1, 0.15) is 36.3 Å². The molecule has 0 aromatic heterocycles. The first kappa shape index (κ1) is 18.2. The molecule has 2 aliphatic rings. The number of oxime groups is 1. The molecule has 2 unspecified atom stereocenters. The molecule has 4 atom stereocenters. The molecule has 0 bridgehead atoms. The molecule has 2 aromatic carbocycles. The summed E-state index contributed by atoms with van der Waals surface area (Å²) >= 11 is 0. The van der Waals surface area contributed by atoms with Crippen molar-refractivity contribution in [1.82, 2.24) is 0 Å². The second-order valence-corrected chi connectivity index (χ2v) is 7.40. The number of ether oxygens (including phenoxy) is 1. The van der Waals surface area contributed by atoms with E-state index in [4.69, 9.17) is 15.3 Å². The number of amidine groups is 1. The molecule has 1 fully saturated rings. The first-order valence-electron chi connectivity index (χ1n) is 9.27. The monoisotopic (exact) mass is 378 g/mol. The Morgan fingerprint density at radius 2 is 1.75 bits per heavy atom. The Balaban J connectivity index is 1.93. The Bertz CT molecular complexity index is 939. The van der Waals surface area contributed by atoms with Crippen LogP contribution in [0.4, 0.5) is 0 Å². The zero-order chi connectivity index (χ0) is 19.9. The van der Waals surface area contributed by atoms with Crippen LogP contribution in [-0.2, 0) is 14.4 Å². The average molecular weight is 378 g/mol. The summed E-state index contributed by atoms with van der Waals surface area (Å²) in [6.45, 7) is 1.85. The zero-order valence-electron chi connectivity index (χ0n) is 15.8. The van der Waals surface area contributed by atoms with Crippen LogP contribution in [0.2, 0.25) is 0 Å². The molecule has 0 radical (unpaired) electrons. The summed E-state index contributed by atoms with van der Waals surface area (Å²) in [7, 11) is 1.59. The molecule has 144 valence electrons. The third kappa shape index (κ3) is 2.52. The van der Waals surface area contributed by atoms with Gasteiger partial charge in [-0.25, -0.2) is 4.79 Å². The molecule has 1 spiro atoms. The normalized spacial score (nSPS) is 29.5. The number of carbonyl (C=O) groups excluding carboxylic acids is 2. The molecule has 6 nitrogen and oxygen atoms in total. The van der Waals surface area contributed by atoms with Crippen molar-refractivity contribution in [3.05, 3.63) is 65.7 Å². The molecular weight excluding hydrogens is 356 g/mol. The van der Waals surface area contributed by atoms with Gasteiger partial charge in [0.15, 0.2) is 5.84 Å². The van der Waals surface area contributed by atoms with E-state index in [1.54, 1.807) is 7.11 Å². The highest BCUT2D eigenvalue weighted by Crippen LogP contribution is 2.58. The van der Waals surface area contributed by atoms with E-state index in [0.717, 1.165) is 11.1 Å². The summed E-state index contributed by atoms with van der Waals surface area (Å²) in [5.74, 6) is -0.898. The van der Waals surface area contributed by atoms with E-state index in [-0.39, 0.29) is 18.0 Å². The van der Waals surface area contributed by atoms with Gasteiger partial charge in [0.1, 0.15) is 16.9 Å². The van der Waals surface area contributed by atoms with Crippen molar-refractivity contribution in [3.63, 3.8) is 0 Å². The van der Waals surface area contributed by atoms with Crippen molar-refractivity contribution < 1.29 is 19.2 Å². The van der Waals surface area contributed by atoms with Gasteiger partial charge in [-0.3, -0.25) is 4.79 Å². The lowest BCUT2D eigenvalue weighted by Crippen LogP contribution is -2.55. The molecule has 6 heteroatoms. The van der Waals surface area contributed by atoms with E-state index in [1.165, 1.54) is 0 Å². The summed E-state index contributed by atoms with van der Waals surface area (Å²) in [6, 6.07) is 16.9. The van der Waals surface area contributed by atoms with Crippen molar-refractivity contribution in [3.8, 4) is 5.75 Å². The van der Waals surface area contributed by atoms with Gasteiger partial charge in [-0.05, 0) is 23.3 Å². The molecule has 1 heterocycles. The van der Waals surface area contributed by atoms with Crippen LogP contribution in [0.5, 0.6) is 5.75 Å². The Morgan fingerprint density at radius 1 is 1.07 bits per heavy atom. The fourth-order valence-corrected chi connectivity index (χ4v) is 4.73. The van der Waals surface area contributed by atoms with Gasteiger partial charge >= 0.3 is 5.97 Å². The fourth-order valence-electron chi connectivity index (χ4n) is 4.73. The lowest BCUT2D eigenvalue weighted by Gasteiger charge is -2.46. The quantitative estimate of drug-likeness (QED) is 0.829. The van der Waals surface area contributed by atoms with Gasteiger partial charge in [-0.15, -0.1) is 0 Å². The molecule has 0 amide bonds. The molecule has 0 saturated heterocycles. The topological polar surface area (TPSA) is 91.0 Å². The molecular formula is C22H22N2O4. The van der Waals surface area contributed by atoms with Gasteiger partial charge in [0.05, 0.1) is 7.11 Å². The molecule has 2 N–H and O–H groups in total. The Morgan fingerprint density at radius 3 is 2.32 bits per heavy atom. The van der Waals surface area contributed by atoms with Crippen LogP contribution in [0.25, 0.3) is 0 Å². The number of hydrogen-bond acceptors (Lipinski definition) is 6. The van der Waals surface area contributed by atoms with Gasteiger partial charge in [-0.1, -0.05) is 54.5 Å². The number of rotatable bonds is 3. The van der Waals surface area contributed by atoms with Gasteiger partial charge < -0.3 is 15.3 Å². The third-order valence-corrected chi connectivity index (χ3v) is 6.12. The minimum Gasteiger partial charge on any atom is -0.497 e. The first-order valence-corrected chi connectivity index (χ1v) is 9.27. The van der Waals surface area contributed by atoms with E-state index < -0.39 is 29.1 Å². The average Bonchev–Trinajstić information content (AvgIpc) is 3.01. The molecule has 28 heavy (non-hydrogen) atoms. The number of nitrogens with two attached hydrogens (primary N) is 1. The van der Waals surface area contributed by atoms with Crippen LogP contribution in [-0.4, -0.2) is 24.7 Å². The van der Waals surface area contributed by atoms with E-state index in [0.29, 0.717) is 5.75 Å². The number of carbonyl (C=O) groups is 2. The standard InChI is InChI=1S/C22H22N2O4/c1-13-18(25)12-17(14-8-10-16(27-2)11-9-14)22(20(23)24-28-21(22)26)19(13)15-6-4-3-5-7-15/h3-11,13,17,19H,12H2,1-2H3,(H2,23,24)/t13-,17?,19-,22?/m0/s1. The summed E-state index contributed by atoms with van der Waals surface area (Å²) in [4.78, 5) is 31.2. The minimum atomic E-state index is -1.22.